The van der Waals surface area contributed by atoms with Crippen molar-refractivity contribution in [3.05, 3.63) is 48.5 Å². The molecule has 23 heavy (non-hydrogen) atoms. The van der Waals surface area contributed by atoms with Gasteiger partial charge in [0.2, 0.25) is 10.0 Å². The van der Waals surface area contributed by atoms with E-state index in [-0.39, 0.29) is 11.4 Å². The number of hydrogen-bond acceptors (Lipinski definition) is 5. The third kappa shape index (κ3) is 3.30. The molecule has 0 fully saturated rings. The maximum absolute atomic E-state index is 12.1. The zero-order chi connectivity index (χ0) is 16.4. The van der Waals surface area contributed by atoms with E-state index in [0.717, 1.165) is 17.0 Å². The van der Waals surface area contributed by atoms with Crippen LogP contribution in [0.25, 0.3) is 11.4 Å². The van der Waals surface area contributed by atoms with Crippen LogP contribution >= 0.6 is 0 Å². The van der Waals surface area contributed by atoms with Gasteiger partial charge in [-0.15, -0.1) is 0 Å². The fraction of sp³-hybridized carbons (Fsp3) is 0.214. The smallest absolute Gasteiger partial charge is 0.243 e. The molecule has 0 atom stereocenters. The van der Waals surface area contributed by atoms with Crippen molar-refractivity contribution in [2.45, 2.75) is 11.4 Å². The summed E-state index contributed by atoms with van der Waals surface area (Å²) in [4.78, 5) is 4.49. The molecule has 0 saturated carbocycles. The predicted molar refractivity (Wildman–Crippen MR) is 83.7 cm³/mol. The average Bonchev–Trinajstić information content (AvgIpc) is 3.15. The molecule has 120 valence electrons. The second kappa shape index (κ2) is 5.94. The minimum atomic E-state index is -3.57. The van der Waals surface area contributed by atoms with E-state index in [4.69, 9.17) is 0 Å². The fourth-order valence-electron chi connectivity index (χ4n) is 2.10. The molecule has 0 unspecified atom stereocenters. The molecule has 9 heteroatoms. The van der Waals surface area contributed by atoms with Gasteiger partial charge in [0, 0.05) is 39.2 Å². The summed E-state index contributed by atoms with van der Waals surface area (Å²) in [5.41, 5.74) is 2.44. The summed E-state index contributed by atoms with van der Waals surface area (Å²) in [6.45, 7) is 0.163. The van der Waals surface area contributed by atoms with E-state index in [2.05, 4.69) is 19.9 Å². The first kappa shape index (κ1) is 15.4. The molecule has 3 rings (SSSR count). The quantitative estimate of drug-likeness (QED) is 0.742. The first-order valence-corrected chi connectivity index (χ1v) is 8.36. The zero-order valence-corrected chi connectivity index (χ0v) is 13.5. The van der Waals surface area contributed by atoms with Gasteiger partial charge in [0.15, 0.2) is 0 Å². The lowest BCUT2D eigenvalue weighted by Gasteiger charge is -2.06. The van der Waals surface area contributed by atoms with Crippen LogP contribution in [0.4, 0.5) is 0 Å². The second-order valence-corrected chi connectivity index (χ2v) is 6.83. The summed E-state index contributed by atoms with van der Waals surface area (Å²) in [6, 6.07) is 5.54. The SMILES string of the molecule is Cn1cc(S(=O)(=O)NCc2ccc(-c3ccnn3C)nc2)cn1. The molecule has 0 aliphatic carbocycles. The highest BCUT2D eigenvalue weighted by molar-refractivity contribution is 7.89. The summed E-state index contributed by atoms with van der Waals surface area (Å²) in [7, 11) is -0.0659. The number of aromatic nitrogens is 5. The molecule has 3 heterocycles. The Morgan fingerprint density at radius 1 is 1.13 bits per heavy atom. The van der Waals surface area contributed by atoms with E-state index in [1.807, 2.05) is 25.2 Å². The van der Waals surface area contributed by atoms with Crippen LogP contribution in [0.2, 0.25) is 0 Å². The van der Waals surface area contributed by atoms with E-state index in [9.17, 15) is 8.42 Å². The largest absolute Gasteiger partial charge is 0.274 e. The number of aryl methyl sites for hydroxylation is 2. The molecule has 0 radical (unpaired) electrons. The van der Waals surface area contributed by atoms with Gasteiger partial charge in [0.05, 0.1) is 17.6 Å². The van der Waals surface area contributed by atoms with Crippen molar-refractivity contribution >= 4 is 10.0 Å². The Labute approximate surface area is 133 Å². The normalized spacial score (nSPS) is 11.7. The van der Waals surface area contributed by atoms with Gasteiger partial charge in [-0.3, -0.25) is 14.3 Å². The van der Waals surface area contributed by atoms with E-state index >= 15 is 0 Å². The lowest BCUT2D eigenvalue weighted by atomic mass is 10.2. The molecule has 3 aromatic rings. The van der Waals surface area contributed by atoms with Gasteiger partial charge >= 0.3 is 0 Å². The fourth-order valence-corrected chi connectivity index (χ4v) is 3.11. The van der Waals surface area contributed by atoms with Crippen molar-refractivity contribution in [1.82, 2.24) is 29.3 Å². The van der Waals surface area contributed by atoms with Crippen molar-refractivity contribution < 1.29 is 8.42 Å². The van der Waals surface area contributed by atoms with Crippen LogP contribution in [0.15, 0.2) is 47.9 Å². The first-order valence-electron chi connectivity index (χ1n) is 6.87. The summed E-state index contributed by atoms with van der Waals surface area (Å²) in [5.74, 6) is 0. The molecule has 0 aromatic carbocycles. The van der Waals surface area contributed by atoms with Gasteiger partial charge in [0.25, 0.3) is 0 Å². The Bertz CT molecular complexity index is 911. The van der Waals surface area contributed by atoms with E-state index in [0.29, 0.717) is 0 Å². The summed E-state index contributed by atoms with van der Waals surface area (Å²) in [6.07, 6.45) is 6.11. The van der Waals surface area contributed by atoms with Crippen LogP contribution in [0.3, 0.4) is 0 Å². The van der Waals surface area contributed by atoms with Crippen LogP contribution in [-0.4, -0.2) is 33.0 Å². The second-order valence-electron chi connectivity index (χ2n) is 5.07. The average molecular weight is 332 g/mol. The Morgan fingerprint density at radius 3 is 2.52 bits per heavy atom. The van der Waals surface area contributed by atoms with Gasteiger partial charge in [-0.2, -0.15) is 10.2 Å². The van der Waals surface area contributed by atoms with Gasteiger partial charge in [0.1, 0.15) is 4.90 Å². The highest BCUT2D eigenvalue weighted by Gasteiger charge is 2.15. The molecular weight excluding hydrogens is 316 g/mol. The highest BCUT2D eigenvalue weighted by Crippen LogP contribution is 2.15. The predicted octanol–water partition coefficient (Wildman–Crippen LogP) is 0.694. The topological polar surface area (TPSA) is 94.7 Å². The minimum Gasteiger partial charge on any atom is -0.274 e. The van der Waals surface area contributed by atoms with Crippen LogP contribution in [0.1, 0.15) is 5.56 Å². The monoisotopic (exact) mass is 332 g/mol. The molecule has 1 N–H and O–H groups in total. The molecule has 0 aliphatic rings. The van der Waals surface area contributed by atoms with Crippen molar-refractivity contribution in [3.63, 3.8) is 0 Å². The van der Waals surface area contributed by atoms with E-state index in [1.54, 1.807) is 24.1 Å². The Balaban J connectivity index is 1.71. The van der Waals surface area contributed by atoms with Gasteiger partial charge in [-0.1, -0.05) is 6.07 Å². The summed E-state index contributed by atoms with van der Waals surface area (Å²) >= 11 is 0. The maximum Gasteiger partial charge on any atom is 0.243 e. The molecule has 0 bridgehead atoms. The molecule has 0 aliphatic heterocycles. The van der Waals surface area contributed by atoms with E-state index < -0.39 is 10.0 Å². The molecule has 3 aromatic heterocycles. The van der Waals surface area contributed by atoms with Gasteiger partial charge in [-0.05, 0) is 17.7 Å². The van der Waals surface area contributed by atoms with Gasteiger partial charge in [-0.25, -0.2) is 13.1 Å². The molecule has 8 nitrogen and oxygen atoms in total. The lowest BCUT2D eigenvalue weighted by Crippen LogP contribution is -2.23. The number of nitrogens with one attached hydrogen (secondary N) is 1. The number of hydrogen-bond donors (Lipinski definition) is 1. The number of rotatable bonds is 5. The molecule has 0 spiro atoms. The van der Waals surface area contributed by atoms with Crippen LogP contribution < -0.4 is 4.72 Å². The molecular formula is C14H16N6O2S. The van der Waals surface area contributed by atoms with E-state index in [1.165, 1.54) is 17.1 Å². The van der Waals surface area contributed by atoms with Crippen molar-refractivity contribution in [1.29, 1.82) is 0 Å². The molecule has 0 amide bonds. The van der Waals surface area contributed by atoms with Crippen LogP contribution in [0, 0.1) is 0 Å². The highest BCUT2D eigenvalue weighted by atomic mass is 32.2. The summed E-state index contributed by atoms with van der Waals surface area (Å²) < 4.78 is 29.9. The minimum absolute atomic E-state index is 0.138. The Kier molecular flexibility index (Phi) is 3.97. The molecule has 0 saturated heterocycles. The third-order valence-electron chi connectivity index (χ3n) is 3.37. The van der Waals surface area contributed by atoms with Crippen LogP contribution in [0.5, 0.6) is 0 Å². The van der Waals surface area contributed by atoms with Crippen LogP contribution in [-0.2, 0) is 30.7 Å². The zero-order valence-electron chi connectivity index (χ0n) is 12.7. The Hall–Kier alpha value is -2.52. The van der Waals surface area contributed by atoms with Crippen molar-refractivity contribution in [3.8, 4) is 11.4 Å². The maximum atomic E-state index is 12.1. The number of nitrogens with zero attached hydrogens (tertiary/aromatic N) is 5. The van der Waals surface area contributed by atoms with Gasteiger partial charge < -0.3 is 0 Å². The first-order chi connectivity index (χ1) is 11.0. The standard InChI is InChI=1S/C14H16N6O2S/c1-19-10-12(9-17-19)23(21,22)18-8-11-3-4-13(15-7-11)14-5-6-16-20(14)2/h3-7,9-10,18H,8H2,1-2H3. The lowest BCUT2D eigenvalue weighted by molar-refractivity contribution is 0.581. The number of pyridine rings is 1. The van der Waals surface area contributed by atoms with Crippen molar-refractivity contribution in [2.75, 3.05) is 0 Å². The Morgan fingerprint density at radius 2 is 1.96 bits per heavy atom. The number of sulfonamides is 1. The summed E-state index contributed by atoms with van der Waals surface area (Å²) in [5, 5.41) is 7.96. The third-order valence-corrected chi connectivity index (χ3v) is 4.72. The van der Waals surface area contributed by atoms with Crippen molar-refractivity contribution in [2.24, 2.45) is 14.1 Å².